The quantitative estimate of drug-likeness (QED) is 0.578. The smallest absolute Gasteiger partial charge is 0.163 e. The van der Waals surface area contributed by atoms with Gasteiger partial charge in [-0.1, -0.05) is 6.07 Å². The highest BCUT2D eigenvalue weighted by molar-refractivity contribution is 9.10. The van der Waals surface area contributed by atoms with E-state index in [9.17, 15) is 4.39 Å². The van der Waals surface area contributed by atoms with Gasteiger partial charge < -0.3 is 19.7 Å². The average Bonchev–Trinajstić information content (AvgIpc) is 2.78. The molecule has 3 aromatic rings. The topological polar surface area (TPSA) is 62.8 Å². The predicted octanol–water partition coefficient (Wildman–Crippen LogP) is 4.05. The molecule has 1 aromatic heterocycles. The zero-order valence-electron chi connectivity index (χ0n) is 18.0. The molecule has 9 heteroatoms. The third-order valence-electron chi connectivity index (χ3n) is 6.03. The van der Waals surface area contributed by atoms with E-state index in [1.807, 2.05) is 12.1 Å². The van der Waals surface area contributed by atoms with Crippen molar-refractivity contribution in [2.75, 3.05) is 45.2 Å². The second kappa shape index (κ2) is 8.80. The summed E-state index contributed by atoms with van der Waals surface area (Å²) in [7, 11) is 2.16. The van der Waals surface area contributed by atoms with Gasteiger partial charge >= 0.3 is 0 Å². The van der Waals surface area contributed by atoms with Crippen LogP contribution in [-0.2, 0) is 0 Å². The number of benzene rings is 2. The molecule has 0 aliphatic carbocycles. The summed E-state index contributed by atoms with van der Waals surface area (Å²) in [5, 5.41) is 3.82. The third-order valence-corrected chi connectivity index (χ3v) is 6.64. The Kier molecular flexibility index (Phi) is 5.88. The van der Waals surface area contributed by atoms with Crippen molar-refractivity contribution >= 4 is 38.3 Å². The van der Waals surface area contributed by atoms with Gasteiger partial charge in [-0.15, -0.1) is 0 Å². The van der Waals surface area contributed by atoms with Crippen molar-refractivity contribution < 1.29 is 13.9 Å². The van der Waals surface area contributed by atoms with Crippen molar-refractivity contribution in [1.29, 1.82) is 0 Å². The number of nitrogens with zero attached hydrogens (tertiary/aromatic N) is 4. The third kappa shape index (κ3) is 4.24. The molecule has 0 radical (unpaired) electrons. The molecule has 0 bridgehead atoms. The van der Waals surface area contributed by atoms with Crippen LogP contribution in [0.25, 0.3) is 10.9 Å². The molecular weight excluding hydrogens is 477 g/mol. The molecule has 32 heavy (non-hydrogen) atoms. The lowest BCUT2D eigenvalue weighted by Crippen LogP contribution is -2.54. The minimum atomic E-state index is -0.377. The second-order valence-corrected chi connectivity index (χ2v) is 9.28. The van der Waals surface area contributed by atoms with E-state index in [1.165, 1.54) is 6.33 Å². The number of rotatable bonds is 4. The fourth-order valence-corrected chi connectivity index (χ4v) is 4.66. The van der Waals surface area contributed by atoms with E-state index in [0.29, 0.717) is 45.6 Å². The van der Waals surface area contributed by atoms with Crippen molar-refractivity contribution in [2.45, 2.75) is 19.1 Å². The highest BCUT2D eigenvalue weighted by atomic mass is 79.9. The minimum absolute atomic E-state index is 0.0608. The SMILES string of the molecule is C[C@H]1CN(C)CCN1C[C@H]1COc2cc3ncnc(Nc4cccc(Br)c4F)c3cc2O1. The van der Waals surface area contributed by atoms with Gasteiger partial charge in [-0.3, -0.25) is 4.90 Å². The summed E-state index contributed by atoms with van der Waals surface area (Å²) in [6.07, 6.45) is 1.39. The first-order valence-corrected chi connectivity index (χ1v) is 11.5. The van der Waals surface area contributed by atoms with Crippen LogP contribution in [0.2, 0.25) is 0 Å². The number of anilines is 2. The summed E-state index contributed by atoms with van der Waals surface area (Å²) in [6.45, 7) is 6.67. The van der Waals surface area contributed by atoms with Gasteiger partial charge in [-0.25, -0.2) is 14.4 Å². The predicted molar refractivity (Wildman–Crippen MR) is 125 cm³/mol. The summed E-state index contributed by atoms with van der Waals surface area (Å²) >= 11 is 3.22. The first-order chi connectivity index (χ1) is 15.5. The summed E-state index contributed by atoms with van der Waals surface area (Å²) < 4.78 is 27.2. The minimum Gasteiger partial charge on any atom is -0.486 e. The second-order valence-electron chi connectivity index (χ2n) is 8.42. The Morgan fingerprint density at radius 2 is 2.09 bits per heavy atom. The van der Waals surface area contributed by atoms with E-state index in [-0.39, 0.29) is 11.9 Å². The van der Waals surface area contributed by atoms with Crippen molar-refractivity contribution in [2.24, 2.45) is 0 Å². The maximum atomic E-state index is 14.5. The number of ether oxygens (including phenoxy) is 2. The van der Waals surface area contributed by atoms with E-state index < -0.39 is 0 Å². The van der Waals surface area contributed by atoms with E-state index in [1.54, 1.807) is 18.2 Å². The molecule has 0 amide bonds. The monoisotopic (exact) mass is 501 g/mol. The van der Waals surface area contributed by atoms with E-state index in [4.69, 9.17) is 9.47 Å². The first kappa shape index (κ1) is 21.4. The van der Waals surface area contributed by atoms with Crippen molar-refractivity contribution in [3.05, 3.63) is 46.9 Å². The Hall–Kier alpha value is -2.49. The molecule has 5 rings (SSSR count). The Labute approximate surface area is 194 Å². The average molecular weight is 502 g/mol. The molecule has 2 aliphatic rings. The summed E-state index contributed by atoms with van der Waals surface area (Å²) in [6, 6.07) is 9.29. The fraction of sp³-hybridized carbons (Fsp3) is 0.391. The van der Waals surface area contributed by atoms with Crippen LogP contribution in [0.15, 0.2) is 41.1 Å². The number of fused-ring (bicyclic) bond motifs is 2. The van der Waals surface area contributed by atoms with Crippen LogP contribution in [0, 0.1) is 5.82 Å². The highest BCUT2D eigenvalue weighted by Gasteiger charge is 2.28. The molecule has 0 unspecified atom stereocenters. The highest BCUT2D eigenvalue weighted by Crippen LogP contribution is 2.38. The Morgan fingerprint density at radius 3 is 2.94 bits per heavy atom. The lowest BCUT2D eigenvalue weighted by Gasteiger charge is -2.40. The standard InChI is InChI=1S/C23H25BrFN5O2/c1-14-10-29(2)6-7-30(14)11-15-12-31-20-9-19-16(8-21(20)32-15)23(27-13-26-19)28-18-5-3-4-17(24)22(18)25/h3-5,8-9,13-15H,6-7,10-12H2,1-2H3,(H,26,27,28)/t14-,15-/m0/s1. The zero-order valence-corrected chi connectivity index (χ0v) is 19.6. The summed E-state index contributed by atoms with van der Waals surface area (Å²) in [4.78, 5) is 13.5. The number of piperazine rings is 1. The van der Waals surface area contributed by atoms with Crippen LogP contribution in [0.5, 0.6) is 11.5 Å². The van der Waals surface area contributed by atoms with Crippen molar-refractivity contribution in [1.82, 2.24) is 19.8 Å². The van der Waals surface area contributed by atoms with Crippen molar-refractivity contribution in [3.8, 4) is 11.5 Å². The molecule has 2 aliphatic heterocycles. The largest absolute Gasteiger partial charge is 0.486 e. The normalized spacial score (nSPS) is 21.6. The molecule has 1 N–H and O–H groups in total. The number of aromatic nitrogens is 2. The summed E-state index contributed by atoms with van der Waals surface area (Å²) in [5.74, 6) is 1.45. The molecule has 2 atom stereocenters. The van der Waals surface area contributed by atoms with E-state index in [2.05, 4.69) is 55.0 Å². The van der Waals surface area contributed by atoms with Gasteiger partial charge in [0.2, 0.25) is 0 Å². The lowest BCUT2D eigenvalue weighted by molar-refractivity contribution is 0.0238. The molecule has 7 nitrogen and oxygen atoms in total. The molecule has 1 fully saturated rings. The number of hydrogen-bond donors (Lipinski definition) is 1. The van der Waals surface area contributed by atoms with Crippen molar-refractivity contribution in [3.63, 3.8) is 0 Å². The van der Waals surface area contributed by atoms with Crippen LogP contribution >= 0.6 is 15.9 Å². The van der Waals surface area contributed by atoms with Gasteiger partial charge in [0, 0.05) is 43.7 Å². The zero-order chi connectivity index (χ0) is 22.2. The number of likely N-dealkylation sites (N-methyl/N-ethyl adjacent to an activating group) is 1. The van der Waals surface area contributed by atoms with Gasteiger partial charge in [0.05, 0.1) is 15.7 Å². The molecular formula is C23H25BrFN5O2. The number of halogens is 2. The van der Waals surface area contributed by atoms with Gasteiger partial charge in [-0.2, -0.15) is 0 Å². The molecule has 1 saturated heterocycles. The maximum absolute atomic E-state index is 14.5. The summed E-state index contributed by atoms with van der Waals surface area (Å²) in [5.41, 5.74) is 1.03. The molecule has 168 valence electrons. The van der Waals surface area contributed by atoms with E-state index in [0.717, 1.165) is 31.6 Å². The van der Waals surface area contributed by atoms with Crippen LogP contribution in [0.4, 0.5) is 15.9 Å². The molecule has 3 heterocycles. The Bertz CT molecular complexity index is 1150. The number of hydrogen-bond acceptors (Lipinski definition) is 7. The van der Waals surface area contributed by atoms with Gasteiger partial charge in [0.15, 0.2) is 17.3 Å². The maximum Gasteiger partial charge on any atom is 0.163 e. The van der Waals surface area contributed by atoms with Crippen LogP contribution in [-0.4, -0.2) is 71.7 Å². The Balaban J connectivity index is 1.40. The van der Waals surface area contributed by atoms with Crippen LogP contribution in [0.3, 0.4) is 0 Å². The fourth-order valence-electron chi connectivity index (χ4n) is 4.29. The molecule has 2 aromatic carbocycles. The lowest BCUT2D eigenvalue weighted by atomic mass is 10.1. The molecule has 0 saturated carbocycles. The first-order valence-electron chi connectivity index (χ1n) is 10.7. The van der Waals surface area contributed by atoms with Gasteiger partial charge in [0.25, 0.3) is 0 Å². The van der Waals surface area contributed by atoms with Gasteiger partial charge in [-0.05, 0) is 48.1 Å². The molecule has 0 spiro atoms. The van der Waals surface area contributed by atoms with E-state index >= 15 is 0 Å². The van der Waals surface area contributed by atoms with Gasteiger partial charge in [0.1, 0.15) is 24.9 Å². The number of nitrogens with one attached hydrogen (secondary N) is 1. The van der Waals surface area contributed by atoms with Crippen LogP contribution < -0.4 is 14.8 Å². The Morgan fingerprint density at radius 1 is 1.22 bits per heavy atom. The van der Waals surface area contributed by atoms with Crippen LogP contribution in [0.1, 0.15) is 6.92 Å².